The number of para-hydroxylation sites is 2. The fraction of sp³-hybridized carbons (Fsp3) is 0.263. The Labute approximate surface area is 151 Å². The molecule has 3 rings (SSSR count). The number of carbonyl (C=O) groups excluding carboxylic acids is 2. The molecule has 0 saturated carbocycles. The maximum atomic E-state index is 12.8. The maximum absolute atomic E-state index is 12.8. The Morgan fingerprint density at radius 2 is 2.00 bits per heavy atom. The number of hydrogen-bond donors (Lipinski definition) is 1. The average Bonchev–Trinajstić information content (AvgIpc) is 2.83. The molecule has 6 heteroatoms. The zero-order valence-corrected chi connectivity index (χ0v) is 14.8. The predicted octanol–water partition coefficient (Wildman–Crippen LogP) is 3.25. The van der Waals surface area contributed by atoms with Crippen LogP contribution in [0, 0.1) is 6.92 Å². The molecule has 0 fully saturated rings. The fourth-order valence-electron chi connectivity index (χ4n) is 3.06. The van der Waals surface area contributed by atoms with Crippen molar-refractivity contribution in [2.24, 2.45) is 0 Å². The highest BCUT2D eigenvalue weighted by Gasteiger charge is 2.38. The van der Waals surface area contributed by atoms with Crippen LogP contribution in [-0.4, -0.2) is 25.0 Å². The molecule has 2 aromatic carbocycles. The van der Waals surface area contributed by atoms with Crippen LogP contribution in [0.4, 0.5) is 5.69 Å². The number of halogens is 1. The third-order valence-electron chi connectivity index (χ3n) is 4.12. The molecule has 1 aliphatic heterocycles. The van der Waals surface area contributed by atoms with Crippen LogP contribution in [-0.2, 0) is 9.59 Å². The number of nitrogens with one attached hydrogen (secondary N) is 1. The molecule has 0 aliphatic carbocycles. The average molecular weight is 359 g/mol. The van der Waals surface area contributed by atoms with Gasteiger partial charge >= 0.3 is 0 Å². The van der Waals surface area contributed by atoms with Crippen molar-refractivity contribution in [3.8, 4) is 5.75 Å². The van der Waals surface area contributed by atoms with Crippen molar-refractivity contribution in [2.75, 3.05) is 18.1 Å². The van der Waals surface area contributed by atoms with Gasteiger partial charge in [0.1, 0.15) is 18.4 Å². The third kappa shape index (κ3) is 3.46. The topological polar surface area (TPSA) is 58.6 Å². The number of carbonyl (C=O) groups is 2. The summed E-state index contributed by atoms with van der Waals surface area (Å²) in [5.41, 5.74) is 2.64. The number of benzene rings is 2. The zero-order valence-electron chi connectivity index (χ0n) is 14.1. The molecule has 130 valence electrons. The molecule has 2 amide bonds. The summed E-state index contributed by atoms with van der Waals surface area (Å²) in [6.07, 6.45) is 0. The first kappa shape index (κ1) is 17.3. The van der Waals surface area contributed by atoms with Crippen molar-refractivity contribution in [1.29, 1.82) is 0 Å². The lowest BCUT2D eigenvalue weighted by Gasteiger charge is -2.20. The summed E-state index contributed by atoms with van der Waals surface area (Å²) in [5, 5.41) is 3.26. The van der Waals surface area contributed by atoms with Gasteiger partial charge in [0.15, 0.2) is 0 Å². The second-order valence-electron chi connectivity index (χ2n) is 5.92. The Hall–Kier alpha value is -2.53. The second kappa shape index (κ2) is 7.15. The Bertz CT molecular complexity index is 822. The number of ether oxygens (including phenoxy) is 1. The van der Waals surface area contributed by atoms with Gasteiger partial charge in [-0.25, -0.2) is 0 Å². The van der Waals surface area contributed by atoms with Gasteiger partial charge < -0.3 is 15.0 Å². The van der Waals surface area contributed by atoms with Crippen molar-refractivity contribution in [3.05, 3.63) is 58.6 Å². The van der Waals surface area contributed by atoms with E-state index in [-0.39, 0.29) is 11.8 Å². The summed E-state index contributed by atoms with van der Waals surface area (Å²) in [6, 6.07) is 12.3. The van der Waals surface area contributed by atoms with Crippen LogP contribution < -0.4 is 15.0 Å². The molecule has 0 radical (unpaired) electrons. The molecule has 0 aromatic heterocycles. The van der Waals surface area contributed by atoms with Crippen LogP contribution in [0.25, 0.3) is 0 Å². The number of aryl methyl sites for hydroxylation is 1. The number of amides is 2. The Kier molecular flexibility index (Phi) is 4.95. The van der Waals surface area contributed by atoms with Crippen LogP contribution in [0.3, 0.4) is 0 Å². The lowest BCUT2D eigenvalue weighted by Crippen LogP contribution is -2.38. The number of nitrogens with zero attached hydrogens (tertiary/aromatic N) is 1. The van der Waals surface area contributed by atoms with Gasteiger partial charge in [-0.05, 0) is 24.6 Å². The van der Waals surface area contributed by atoms with Gasteiger partial charge in [-0.3, -0.25) is 9.59 Å². The van der Waals surface area contributed by atoms with Crippen molar-refractivity contribution in [1.82, 2.24) is 5.32 Å². The smallest absolute Gasteiger partial charge is 0.254 e. The highest BCUT2D eigenvalue weighted by atomic mass is 35.5. The van der Waals surface area contributed by atoms with Gasteiger partial charge in [0, 0.05) is 12.5 Å². The highest BCUT2D eigenvalue weighted by molar-refractivity contribution is 6.32. The van der Waals surface area contributed by atoms with Crippen molar-refractivity contribution < 1.29 is 14.3 Å². The van der Waals surface area contributed by atoms with Crippen LogP contribution in [0.2, 0.25) is 5.02 Å². The molecule has 1 atom stereocenters. The molecule has 0 bridgehead atoms. The van der Waals surface area contributed by atoms with Crippen molar-refractivity contribution in [3.63, 3.8) is 0 Å². The van der Waals surface area contributed by atoms with E-state index in [4.69, 9.17) is 16.3 Å². The van der Waals surface area contributed by atoms with Gasteiger partial charge in [-0.15, -0.1) is 0 Å². The van der Waals surface area contributed by atoms with E-state index in [9.17, 15) is 9.59 Å². The molecular formula is C19H19ClN2O3. The van der Waals surface area contributed by atoms with Gasteiger partial charge in [0.05, 0.1) is 17.3 Å². The summed E-state index contributed by atoms with van der Waals surface area (Å²) >= 11 is 6.08. The van der Waals surface area contributed by atoms with E-state index in [0.717, 1.165) is 16.8 Å². The molecule has 0 saturated heterocycles. The molecule has 5 nitrogen and oxygen atoms in total. The number of anilines is 1. The molecule has 2 aromatic rings. The molecule has 0 spiro atoms. The Balaban J connectivity index is 1.78. The first-order chi connectivity index (χ1) is 12.0. The molecule has 1 heterocycles. The van der Waals surface area contributed by atoms with E-state index >= 15 is 0 Å². The van der Waals surface area contributed by atoms with Crippen LogP contribution in [0.15, 0.2) is 42.5 Å². The van der Waals surface area contributed by atoms with Gasteiger partial charge in [0.25, 0.3) is 5.91 Å². The molecule has 25 heavy (non-hydrogen) atoms. The summed E-state index contributed by atoms with van der Waals surface area (Å²) in [7, 11) is 0. The molecular weight excluding hydrogens is 340 g/mol. The Morgan fingerprint density at radius 1 is 1.24 bits per heavy atom. The lowest BCUT2D eigenvalue weighted by molar-refractivity contribution is -0.126. The standard InChI is InChI=1S/C19H19ClN2O3/c1-12-6-5-7-14-17(21-13(2)23)19(24)22(18(12)14)10-11-25-16-9-4-3-8-15(16)20/h3-9,17H,10-11H2,1-2H3,(H,21,23)/t17-/m1/s1. The highest BCUT2D eigenvalue weighted by Crippen LogP contribution is 2.38. The van der Waals surface area contributed by atoms with E-state index in [1.165, 1.54) is 6.92 Å². The Morgan fingerprint density at radius 3 is 2.72 bits per heavy atom. The monoisotopic (exact) mass is 358 g/mol. The predicted molar refractivity (Wildman–Crippen MR) is 97.0 cm³/mol. The van der Waals surface area contributed by atoms with Crippen molar-refractivity contribution in [2.45, 2.75) is 19.9 Å². The first-order valence-corrected chi connectivity index (χ1v) is 8.42. The fourth-order valence-corrected chi connectivity index (χ4v) is 3.25. The normalized spacial score (nSPS) is 15.9. The molecule has 1 N–H and O–H groups in total. The summed E-state index contributed by atoms with van der Waals surface area (Å²) < 4.78 is 5.71. The minimum Gasteiger partial charge on any atom is -0.490 e. The van der Waals surface area contributed by atoms with Gasteiger partial charge in [0.2, 0.25) is 5.91 Å². The van der Waals surface area contributed by atoms with E-state index in [2.05, 4.69) is 5.32 Å². The summed E-state index contributed by atoms with van der Waals surface area (Å²) in [4.78, 5) is 25.9. The minimum atomic E-state index is -0.646. The van der Waals surface area contributed by atoms with Crippen LogP contribution in [0.1, 0.15) is 24.1 Å². The largest absolute Gasteiger partial charge is 0.490 e. The second-order valence-corrected chi connectivity index (χ2v) is 6.32. The SMILES string of the molecule is CC(=O)N[C@H]1C(=O)N(CCOc2ccccc2Cl)c2c(C)cccc21. The third-order valence-corrected chi connectivity index (χ3v) is 4.43. The molecule has 1 aliphatic rings. The van der Waals surface area contributed by atoms with E-state index in [0.29, 0.717) is 23.9 Å². The number of fused-ring (bicyclic) bond motifs is 1. The lowest BCUT2D eigenvalue weighted by atomic mass is 10.1. The van der Waals surface area contributed by atoms with Crippen LogP contribution in [0.5, 0.6) is 5.75 Å². The number of rotatable bonds is 5. The molecule has 0 unspecified atom stereocenters. The summed E-state index contributed by atoms with van der Waals surface area (Å²) in [6.45, 7) is 4.03. The van der Waals surface area contributed by atoms with Crippen molar-refractivity contribution >= 4 is 29.1 Å². The maximum Gasteiger partial charge on any atom is 0.254 e. The first-order valence-electron chi connectivity index (χ1n) is 8.04. The van der Waals surface area contributed by atoms with Crippen LogP contribution >= 0.6 is 11.6 Å². The van der Waals surface area contributed by atoms with E-state index in [1.54, 1.807) is 17.0 Å². The van der Waals surface area contributed by atoms with E-state index < -0.39 is 6.04 Å². The van der Waals surface area contributed by atoms with E-state index in [1.807, 2.05) is 37.3 Å². The van der Waals surface area contributed by atoms with Gasteiger partial charge in [-0.1, -0.05) is 41.9 Å². The van der Waals surface area contributed by atoms with Gasteiger partial charge in [-0.2, -0.15) is 0 Å². The quantitative estimate of drug-likeness (QED) is 0.892. The summed E-state index contributed by atoms with van der Waals surface area (Å²) in [5.74, 6) is 0.196. The minimum absolute atomic E-state index is 0.151. The number of hydrogen-bond acceptors (Lipinski definition) is 3. The zero-order chi connectivity index (χ0) is 18.0.